The van der Waals surface area contributed by atoms with Crippen molar-refractivity contribution in [1.82, 2.24) is 5.32 Å². The lowest BCUT2D eigenvalue weighted by atomic mass is 10.2. The lowest BCUT2D eigenvalue weighted by Crippen LogP contribution is -2.34. The number of methoxy groups -OCH3 is 2. The Labute approximate surface area is 135 Å². The van der Waals surface area contributed by atoms with Crippen LogP contribution in [0, 0.1) is 0 Å². The van der Waals surface area contributed by atoms with Crippen molar-refractivity contribution in [2.24, 2.45) is 0 Å². The standard InChI is InChI=1S/C16H23NO6/c1-16(2,3)23-15(19)17-6-7-22-14(18)11-8-12(20-4)10-13(9-11)21-5/h8-10H,6-7H2,1-5H3,(H,17,19). The number of carbonyl (C=O) groups excluding carboxylic acids is 2. The number of rotatable bonds is 6. The van der Waals surface area contributed by atoms with Crippen molar-refractivity contribution in [2.45, 2.75) is 26.4 Å². The van der Waals surface area contributed by atoms with Gasteiger partial charge in [-0.25, -0.2) is 9.59 Å². The maximum absolute atomic E-state index is 12.0. The van der Waals surface area contributed by atoms with Gasteiger partial charge < -0.3 is 24.3 Å². The number of esters is 1. The fourth-order valence-electron chi connectivity index (χ4n) is 1.62. The largest absolute Gasteiger partial charge is 0.497 e. The predicted molar refractivity (Wildman–Crippen MR) is 84.1 cm³/mol. The molecule has 128 valence electrons. The number of ether oxygens (including phenoxy) is 4. The molecule has 1 aromatic carbocycles. The summed E-state index contributed by atoms with van der Waals surface area (Å²) >= 11 is 0. The number of hydrogen-bond donors (Lipinski definition) is 1. The van der Waals surface area contributed by atoms with E-state index in [2.05, 4.69) is 5.32 Å². The molecule has 7 heteroatoms. The van der Waals surface area contributed by atoms with E-state index in [0.717, 1.165) is 0 Å². The summed E-state index contributed by atoms with van der Waals surface area (Å²) in [5, 5.41) is 2.50. The average Bonchev–Trinajstić information content (AvgIpc) is 2.48. The molecule has 0 aromatic heterocycles. The van der Waals surface area contributed by atoms with Crippen LogP contribution in [0.5, 0.6) is 11.5 Å². The normalized spacial score (nSPS) is 10.7. The van der Waals surface area contributed by atoms with Crippen molar-refractivity contribution in [3.8, 4) is 11.5 Å². The first-order valence-electron chi connectivity index (χ1n) is 7.12. The Morgan fingerprint density at radius 2 is 1.61 bits per heavy atom. The van der Waals surface area contributed by atoms with Gasteiger partial charge in [-0.2, -0.15) is 0 Å². The maximum Gasteiger partial charge on any atom is 0.407 e. The Bertz CT molecular complexity index is 528. The molecule has 0 aliphatic carbocycles. The first-order valence-corrected chi connectivity index (χ1v) is 7.12. The minimum atomic E-state index is -0.572. The highest BCUT2D eigenvalue weighted by Crippen LogP contribution is 2.22. The predicted octanol–water partition coefficient (Wildman–Crippen LogP) is 2.39. The van der Waals surface area contributed by atoms with Crippen LogP contribution in [0.2, 0.25) is 0 Å². The van der Waals surface area contributed by atoms with E-state index in [4.69, 9.17) is 18.9 Å². The van der Waals surface area contributed by atoms with E-state index in [0.29, 0.717) is 17.1 Å². The molecule has 0 unspecified atom stereocenters. The van der Waals surface area contributed by atoms with Gasteiger partial charge in [-0.1, -0.05) is 0 Å². The van der Waals surface area contributed by atoms with Gasteiger partial charge in [0, 0.05) is 6.07 Å². The lowest BCUT2D eigenvalue weighted by Gasteiger charge is -2.19. The highest BCUT2D eigenvalue weighted by molar-refractivity contribution is 5.90. The topological polar surface area (TPSA) is 83.1 Å². The van der Waals surface area contributed by atoms with Gasteiger partial charge in [0.1, 0.15) is 23.7 Å². The molecular weight excluding hydrogens is 302 g/mol. The molecule has 0 bridgehead atoms. The molecule has 0 saturated carbocycles. The first kappa shape index (κ1) is 18.6. The molecule has 0 aliphatic heterocycles. The maximum atomic E-state index is 12.0. The van der Waals surface area contributed by atoms with Gasteiger partial charge in [0.2, 0.25) is 0 Å². The zero-order valence-electron chi connectivity index (χ0n) is 14.1. The number of amides is 1. The molecule has 0 aliphatic rings. The van der Waals surface area contributed by atoms with Gasteiger partial charge in [0.25, 0.3) is 0 Å². The summed E-state index contributed by atoms with van der Waals surface area (Å²) in [6.07, 6.45) is -0.559. The Morgan fingerprint density at radius 1 is 1.04 bits per heavy atom. The fraction of sp³-hybridized carbons (Fsp3) is 0.500. The van der Waals surface area contributed by atoms with Gasteiger partial charge >= 0.3 is 12.1 Å². The van der Waals surface area contributed by atoms with Crippen LogP contribution in [0.15, 0.2) is 18.2 Å². The third-order valence-electron chi connectivity index (χ3n) is 2.59. The molecule has 1 amide bonds. The second kappa shape index (κ2) is 8.26. The zero-order chi connectivity index (χ0) is 17.5. The van der Waals surface area contributed by atoms with Gasteiger partial charge in [-0.05, 0) is 32.9 Å². The summed E-state index contributed by atoms with van der Waals surface area (Å²) in [5.74, 6) is 0.444. The summed E-state index contributed by atoms with van der Waals surface area (Å²) in [7, 11) is 2.99. The Balaban J connectivity index is 2.47. The summed E-state index contributed by atoms with van der Waals surface area (Å²) in [5.41, 5.74) is -0.267. The third kappa shape index (κ3) is 6.90. The van der Waals surface area contributed by atoms with E-state index in [1.54, 1.807) is 39.0 Å². The minimum Gasteiger partial charge on any atom is -0.497 e. The molecule has 0 radical (unpaired) electrons. The molecular formula is C16H23NO6. The van der Waals surface area contributed by atoms with E-state index >= 15 is 0 Å². The number of alkyl carbamates (subject to hydrolysis) is 1. The van der Waals surface area contributed by atoms with Crippen LogP contribution in [0.25, 0.3) is 0 Å². The van der Waals surface area contributed by atoms with Crippen molar-refractivity contribution in [3.63, 3.8) is 0 Å². The summed E-state index contributed by atoms with van der Waals surface area (Å²) < 4.78 is 20.3. The molecule has 23 heavy (non-hydrogen) atoms. The Morgan fingerprint density at radius 3 is 2.09 bits per heavy atom. The van der Waals surface area contributed by atoms with E-state index in [1.807, 2.05) is 0 Å². The molecule has 7 nitrogen and oxygen atoms in total. The first-order chi connectivity index (χ1) is 10.7. The number of nitrogens with one attached hydrogen (secondary N) is 1. The SMILES string of the molecule is COc1cc(OC)cc(C(=O)OCCNC(=O)OC(C)(C)C)c1. The molecule has 1 N–H and O–H groups in total. The van der Waals surface area contributed by atoms with Crippen LogP contribution in [-0.2, 0) is 9.47 Å². The van der Waals surface area contributed by atoms with Crippen molar-refractivity contribution in [2.75, 3.05) is 27.4 Å². The van der Waals surface area contributed by atoms with Gasteiger partial charge in [0.15, 0.2) is 0 Å². The second-order valence-electron chi connectivity index (χ2n) is 5.67. The number of hydrogen-bond acceptors (Lipinski definition) is 6. The van der Waals surface area contributed by atoms with Crippen molar-refractivity contribution < 1.29 is 28.5 Å². The van der Waals surface area contributed by atoms with Gasteiger partial charge in [-0.15, -0.1) is 0 Å². The Hall–Kier alpha value is -2.44. The van der Waals surface area contributed by atoms with Crippen molar-refractivity contribution in [3.05, 3.63) is 23.8 Å². The van der Waals surface area contributed by atoms with E-state index in [9.17, 15) is 9.59 Å². The quantitative estimate of drug-likeness (QED) is 0.639. The van der Waals surface area contributed by atoms with Crippen LogP contribution in [0.3, 0.4) is 0 Å². The van der Waals surface area contributed by atoms with Crippen LogP contribution < -0.4 is 14.8 Å². The number of carbonyl (C=O) groups is 2. The molecule has 0 atom stereocenters. The minimum absolute atomic E-state index is 0.0254. The monoisotopic (exact) mass is 325 g/mol. The van der Waals surface area contributed by atoms with E-state index < -0.39 is 17.7 Å². The van der Waals surface area contributed by atoms with Crippen molar-refractivity contribution >= 4 is 12.1 Å². The third-order valence-corrected chi connectivity index (χ3v) is 2.59. The smallest absolute Gasteiger partial charge is 0.407 e. The average molecular weight is 325 g/mol. The van der Waals surface area contributed by atoms with Crippen LogP contribution >= 0.6 is 0 Å². The van der Waals surface area contributed by atoms with Crippen LogP contribution in [0.1, 0.15) is 31.1 Å². The summed E-state index contributed by atoms with van der Waals surface area (Å²) in [6.45, 7) is 5.48. The Kier molecular flexibility index (Phi) is 6.68. The van der Waals surface area contributed by atoms with Crippen LogP contribution in [0.4, 0.5) is 4.79 Å². The summed E-state index contributed by atoms with van der Waals surface area (Å²) in [4.78, 5) is 23.4. The van der Waals surface area contributed by atoms with Crippen molar-refractivity contribution in [1.29, 1.82) is 0 Å². The lowest BCUT2D eigenvalue weighted by molar-refractivity contribution is 0.0433. The fourth-order valence-corrected chi connectivity index (χ4v) is 1.62. The molecule has 1 rings (SSSR count). The molecule has 0 fully saturated rings. The second-order valence-corrected chi connectivity index (χ2v) is 5.67. The summed E-state index contributed by atoms with van der Waals surface area (Å²) in [6, 6.07) is 4.75. The van der Waals surface area contributed by atoms with E-state index in [-0.39, 0.29) is 13.2 Å². The highest BCUT2D eigenvalue weighted by Gasteiger charge is 2.16. The van der Waals surface area contributed by atoms with Gasteiger partial charge in [0.05, 0.1) is 26.3 Å². The zero-order valence-corrected chi connectivity index (χ0v) is 14.1. The highest BCUT2D eigenvalue weighted by atomic mass is 16.6. The molecule has 0 spiro atoms. The van der Waals surface area contributed by atoms with E-state index in [1.165, 1.54) is 14.2 Å². The molecule has 0 saturated heterocycles. The molecule has 1 aromatic rings. The molecule has 0 heterocycles. The van der Waals surface area contributed by atoms with Crippen LogP contribution in [-0.4, -0.2) is 45.0 Å². The van der Waals surface area contributed by atoms with Gasteiger partial charge in [-0.3, -0.25) is 0 Å². The number of benzene rings is 1.